The Hall–Kier alpha value is -2.12. The van der Waals surface area contributed by atoms with Gasteiger partial charge in [-0.3, -0.25) is 15.0 Å². The summed E-state index contributed by atoms with van der Waals surface area (Å²) in [7, 11) is 0. The van der Waals surface area contributed by atoms with E-state index in [-0.39, 0.29) is 16.7 Å². The van der Waals surface area contributed by atoms with Gasteiger partial charge in [-0.2, -0.15) is 0 Å². The first kappa shape index (κ1) is 18.3. The van der Waals surface area contributed by atoms with Crippen molar-refractivity contribution < 1.29 is 14.4 Å². The van der Waals surface area contributed by atoms with Gasteiger partial charge in [0.05, 0.1) is 4.92 Å². The molecule has 2 aromatic rings. The summed E-state index contributed by atoms with van der Waals surface area (Å²) in [4.78, 5) is 14.1. The highest BCUT2D eigenvalue weighted by Crippen LogP contribution is 2.34. The largest absolute Gasteiger partial charge is 0.454 e. The summed E-state index contributed by atoms with van der Waals surface area (Å²) in [6.07, 6.45) is 6.53. The number of ether oxygens (including phenoxy) is 2. The first-order valence-corrected chi connectivity index (χ1v) is 10.3. The molecule has 1 saturated carbocycles. The van der Waals surface area contributed by atoms with E-state index in [1.165, 1.54) is 49.0 Å². The van der Waals surface area contributed by atoms with Crippen LogP contribution in [0.5, 0.6) is 11.5 Å². The predicted octanol–water partition coefficient (Wildman–Crippen LogP) is 4.97. The molecule has 2 heterocycles. The van der Waals surface area contributed by atoms with E-state index in [0.717, 1.165) is 36.0 Å². The molecule has 1 aromatic heterocycles. The maximum Gasteiger partial charge on any atom is 0.324 e. The van der Waals surface area contributed by atoms with Crippen LogP contribution in [0.3, 0.4) is 0 Å². The Morgan fingerprint density at radius 3 is 2.67 bits per heavy atom. The summed E-state index contributed by atoms with van der Waals surface area (Å²) in [6.45, 7) is 2.85. The molecule has 2 aliphatic rings. The highest BCUT2D eigenvalue weighted by molar-refractivity contribution is 7.15. The normalized spacial score (nSPS) is 16.8. The maximum atomic E-state index is 11.0. The van der Waals surface area contributed by atoms with Crippen LogP contribution in [0.1, 0.15) is 42.5 Å². The second-order valence-electron chi connectivity index (χ2n) is 7.36. The van der Waals surface area contributed by atoms with Gasteiger partial charge in [0.1, 0.15) is 0 Å². The summed E-state index contributed by atoms with van der Waals surface area (Å²) in [5.41, 5.74) is 1.18. The van der Waals surface area contributed by atoms with Crippen molar-refractivity contribution in [2.45, 2.75) is 45.2 Å². The number of rotatable bonds is 7. The van der Waals surface area contributed by atoms with Gasteiger partial charge in [-0.15, -0.1) is 0 Å². The van der Waals surface area contributed by atoms with E-state index in [1.54, 1.807) is 6.07 Å². The summed E-state index contributed by atoms with van der Waals surface area (Å²) >= 11 is 1.28. The van der Waals surface area contributed by atoms with Crippen molar-refractivity contribution in [2.24, 2.45) is 5.92 Å². The zero-order valence-electron chi connectivity index (χ0n) is 15.3. The number of hydrogen-bond donors (Lipinski definition) is 0. The lowest BCUT2D eigenvalue weighted by atomic mass is 9.89. The summed E-state index contributed by atoms with van der Waals surface area (Å²) in [6, 6.07) is 9.59. The zero-order valence-corrected chi connectivity index (χ0v) is 16.1. The molecule has 1 fully saturated rings. The van der Waals surface area contributed by atoms with Crippen molar-refractivity contribution in [2.75, 3.05) is 13.3 Å². The number of nitro groups is 1. The van der Waals surface area contributed by atoms with Crippen LogP contribution >= 0.6 is 11.3 Å². The Labute approximate surface area is 162 Å². The molecule has 1 aliphatic carbocycles. The molecule has 1 aromatic carbocycles. The topological polar surface area (TPSA) is 64.8 Å². The third-order valence-electron chi connectivity index (χ3n) is 5.29. The minimum absolute atomic E-state index is 0.214. The minimum Gasteiger partial charge on any atom is -0.454 e. The van der Waals surface area contributed by atoms with Gasteiger partial charge in [0.25, 0.3) is 0 Å². The van der Waals surface area contributed by atoms with E-state index < -0.39 is 0 Å². The fourth-order valence-electron chi connectivity index (χ4n) is 3.99. The van der Waals surface area contributed by atoms with Crippen molar-refractivity contribution in [1.29, 1.82) is 0 Å². The molecule has 0 amide bonds. The highest BCUT2D eigenvalue weighted by Gasteiger charge is 2.21. The molecule has 7 heteroatoms. The number of benzene rings is 1. The molecule has 0 saturated heterocycles. The van der Waals surface area contributed by atoms with Crippen LogP contribution in [0.25, 0.3) is 0 Å². The number of nitrogens with zero attached hydrogens (tertiary/aromatic N) is 2. The third-order valence-corrected chi connectivity index (χ3v) is 6.31. The van der Waals surface area contributed by atoms with Gasteiger partial charge in [-0.05, 0) is 42.5 Å². The first-order valence-electron chi connectivity index (χ1n) is 9.51. The Morgan fingerprint density at radius 2 is 1.89 bits per heavy atom. The Bertz CT molecular complexity index is 801. The lowest BCUT2D eigenvalue weighted by Crippen LogP contribution is -2.29. The minimum atomic E-state index is -0.308. The summed E-state index contributed by atoms with van der Waals surface area (Å²) in [5.74, 6) is 2.31. The molecule has 0 radical (unpaired) electrons. The van der Waals surface area contributed by atoms with Crippen molar-refractivity contribution in [3.8, 4) is 11.5 Å². The van der Waals surface area contributed by atoms with Crippen molar-refractivity contribution in [3.05, 3.63) is 50.9 Å². The fourth-order valence-corrected chi connectivity index (χ4v) is 4.85. The highest BCUT2D eigenvalue weighted by atomic mass is 32.1. The smallest absolute Gasteiger partial charge is 0.324 e. The third kappa shape index (κ3) is 4.59. The standard InChI is InChI=1S/C20H24N2O4S/c23-22(24)20-9-7-17(27-20)13-21(11-15-4-2-1-3-5-15)12-16-6-8-18-19(10-16)26-14-25-18/h6-10,15H,1-5,11-14H2. The van der Waals surface area contributed by atoms with Crippen LogP contribution in [0, 0.1) is 16.0 Å². The van der Waals surface area contributed by atoms with Crippen LogP contribution < -0.4 is 9.47 Å². The molecule has 27 heavy (non-hydrogen) atoms. The van der Waals surface area contributed by atoms with Gasteiger partial charge in [-0.25, -0.2) is 0 Å². The molecule has 0 bridgehead atoms. The molecule has 0 unspecified atom stereocenters. The summed E-state index contributed by atoms with van der Waals surface area (Å²) in [5, 5.41) is 11.2. The molecule has 0 N–H and O–H groups in total. The van der Waals surface area contributed by atoms with Gasteiger partial charge >= 0.3 is 5.00 Å². The van der Waals surface area contributed by atoms with Gasteiger partial charge < -0.3 is 9.47 Å². The van der Waals surface area contributed by atoms with Crippen LogP contribution in [0.4, 0.5) is 5.00 Å². The maximum absolute atomic E-state index is 11.0. The first-order chi connectivity index (χ1) is 13.2. The molecule has 0 atom stereocenters. The van der Waals surface area contributed by atoms with Crippen LogP contribution in [-0.2, 0) is 13.1 Å². The van der Waals surface area contributed by atoms with E-state index >= 15 is 0 Å². The number of fused-ring (bicyclic) bond motifs is 1. The summed E-state index contributed by atoms with van der Waals surface area (Å²) < 4.78 is 10.9. The van der Waals surface area contributed by atoms with Gasteiger partial charge in [-0.1, -0.05) is 36.7 Å². The second kappa shape index (κ2) is 8.27. The van der Waals surface area contributed by atoms with Gasteiger partial charge in [0, 0.05) is 30.6 Å². The van der Waals surface area contributed by atoms with E-state index in [2.05, 4.69) is 11.0 Å². The monoisotopic (exact) mass is 388 g/mol. The van der Waals surface area contributed by atoms with E-state index in [0.29, 0.717) is 5.92 Å². The zero-order chi connectivity index (χ0) is 18.6. The number of thiophene rings is 1. The van der Waals surface area contributed by atoms with E-state index in [9.17, 15) is 10.1 Å². The van der Waals surface area contributed by atoms with Crippen LogP contribution in [0.15, 0.2) is 30.3 Å². The molecule has 1 aliphatic heterocycles. The van der Waals surface area contributed by atoms with Crippen LogP contribution in [0.2, 0.25) is 0 Å². The Kier molecular flexibility index (Phi) is 5.59. The molecular formula is C20H24N2O4S. The van der Waals surface area contributed by atoms with E-state index in [4.69, 9.17) is 9.47 Å². The predicted molar refractivity (Wildman–Crippen MR) is 104 cm³/mol. The second-order valence-corrected chi connectivity index (χ2v) is 8.51. The average Bonchev–Trinajstić information content (AvgIpc) is 3.31. The van der Waals surface area contributed by atoms with Gasteiger partial charge in [0.2, 0.25) is 6.79 Å². The Balaban J connectivity index is 1.48. The SMILES string of the molecule is O=[N+]([O-])c1ccc(CN(Cc2ccc3c(c2)OCO3)CC2CCCCC2)s1. The average molecular weight is 388 g/mol. The van der Waals surface area contributed by atoms with Crippen molar-refractivity contribution in [3.63, 3.8) is 0 Å². The van der Waals surface area contributed by atoms with Gasteiger partial charge in [0.15, 0.2) is 11.5 Å². The molecule has 6 nitrogen and oxygen atoms in total. The van der Waals surface area contributed by atoms with Crippen LogP contribution in [-0.4, -0.2) is 23.2 Å². The fraction of sp³-hybridized carbons (Fsp3) is 0.500. The molecular weight excluding hydrogens is 364 g/mol. The quantitative estimate of drug-likeness (QED) is 0.495. The molecule has 4 rings (SSSR count). The van der Waals surface area contributed by atoms with E-state index in [1.807, 2.05) is 18.2 Å². The number of hydrogen-bond acceptors (Lipinski definition) is 6. The van der Waals surface area contributed by atoms with Crippen molar-refractivity contribution >= 4 is 16.3 Å². The Morgan fingerprint density at radius 1 is 1.07 bits per heavy atom. The lowest BCUT2D eigenvalue weighted by molar-refractivity contribution is -0.380. The lowest BCUT2D eigenvalue weighted by Gasteiger charge is -2.29. The molecule has 0 spiro atoms. The molecule has 144 valence electrons. The van der Waals surface area contributed by atoms with Crippen molar-refractivity contribution in [1.82, 2.24) is 4.90 Å².